The lowest BCUT2D eigenvalue weighted by Gasteiger charge is -2.34. The van der Waals surface area contributed by atoms with Gasteiger partial charge < -0.3 is 15.3 Å². The summed E-state index contributed by atoms with van der Waals surface area (Å²) in [6, 6.07) is 48.5. The van der Waals surface area contributed by atoms with Crippen molar-refractivity contribution in [3.05, 3.63) is 212 Å². The molecule has 0 saturated heterocycles. The molecule has 0 amide bonds. The first-order valence-corrected chi connectivity index (χ1v) is 17.6. The van der Waals surface area contributed by atoms with Gasteiger partial charge in [-0.2, -0.15) is 0 Å². The first-order valence-electron chi connectivity index (χ1n) is 17.6. The van der Waals surface area contributed by atoms with Crippen molar-refractivity contribution in [2.75, 3.05) is 0 Å². The van der Waals surface area contributed by atoms with Crippen molar-refractivity contribution in [1.82, 2.24) is 0 Å². The third kappa shape index (κ3) is 3.68. The molecule has 0 spiro atoms. The van der Waals surface area contributed by atoms with Gasteiger partial charge >= 0.3 is 0 Å². The van der Waals surface area contributed by atoms with E-state index in [0.717, 1.165) is 83.5 Å². The molecule has 246 valence electrons. The van der Waals surface area contributed by atoms with E-state index < -0.39 is 16.8 Å². The Hall–Kier alpha value is -5.58. The summed E-state index contributed by atoms with van der Waals surface area (Å²) in [6.45, 7) is 6.14. The molecule has 10 rings (SSSR count). The molecule has 0 heterocycles. The highest BCUT2D eigenvalue weighted by Crippen LogP contribution is 2.68. The minimum Gasteiger partial charge on any atom is -0.376 e. The van der Waals surface area contributed by atoms with Crippen molar-refractivity contribution in [3.63, 3.8) is 0 Å². The van der Waals surface area contributed by atoms with Gasteiger partial charge in [0.05, 0.1) is 0 Å². The minimum atomic E-state index is -1.59. The summed E-state index contributed by atoms with van der Waals surface area (Å²) in [5.41, 5.74) is 10.1. The predicted octanol–water partition coefficient (Wildman–Crippen LogP) is 9.41. The first kappa shape index (κ1) is 30.3. The Kier molecular flexibility index (Phi) is 6.08. The zero-order valence-corrected chi connectivity index (χ0v) is 28.7. The Bertz CT molecular complexity index is 2270. The first-order chi connectivity index (χ1) is 24.7. The lowest BCUT2D eigenvalue weighted by molar-refractivity contribution is 0.123. The minimum absolute atomic E-state index is 0.690. The van der Waals surface area contributed by atoms with Crippen LogP contribution in [0.2, 0.25) is 0 Å². The SMILES string of the molecule is Cc1ccc([C@@]2(O)c3ccccc3-c3c2c2c(c4c3[C@](O)(c3ccc(C)cc3)c3ccccc3-4)[C@@](O)(c3ccc(C)cc3)c3ccccc3-2)cc1. The van der Waals surface area contributed by atoms with E-state index in [1.165, 1.54) is 0 Å². The number of benzene rings is 7. The Morgan fingerprint density at radius 1 is 0.314 bits per heavy atom. The lowest BCUT2D eigenvalue weighted by atomic mass is 9.73. The maximum absolute atomic E-state index is 13.7. The van der Waals surface area contributed by atoms with Crippen molar-refractivity contribution in [2.45, 2.75) is 37.6 Å². The molecule has 7 aromatic carbocycles. The second-order valence-corrected chi connectivity index (χ2v) is 14.6. The molecule has 0 saturated carbocycles. The summed E-state index contributed by atoms with van der Waals surface area (Å²) in [5.74, 6) is 0. The summed E-state index contributed by atoms with van der Waals surface area (Å²) in [7, 11) is 0. The van der Waals surface area contributed by atoms with Crippen LogP contribution in [-0.2, 0) is 16.8 Å². The fraction of sp³-hybridized carbons (Fsp3) is 0.125. The second kappa shape index (κ2) is 10.2. The van der Waals surface area contributed by atoms with Crippen LogP contribution in [0.1, 0.15) is 66.8 Å². The van der Waals surface area contributed by atoms with Crippen molar-refractivity contribution >= 4 is 0 Å². The third-order valence-corrected chi connectivity index (χ3v) is 11.8. The van der Waals surface area contributed by atoms with Crippen LogP contribution in [0.4, 0.5) is 0 Å². The van der Waals surface area contributed by atoms with Crippen LogP contribution in [-0.4, -0.2) is 15.3 Å². The van der Waals surface area contributed by atoms with Gasteiger partial charge in [0.2, 0.25) is 0 Å². The van der Waals surface area contributed by atoms with E-state index in [9.17, 15) is 15.3 Å². The van der Waals surface area contributed by atoms with Gasteiger partial charge in [-0.25, -0.2) is 0 Å². The van der Waals surface area contributed by atoms with Crippen LogP contribution in [0.3, 0.4) is 0 Å². The monoisotopic (exact) mass is 660 g/mol. The van der Waals surface area contributed by atoms with Crippen LogP contribution in [0.25, 0.3) is 33.4 Å². The zero-order valence-electron chi connectivity index (χ0n) is 28.7. The largest absolute Gasteiger partial charge is 0.376 e. The fourth-order valence-electron chi connectivity index (χ4n) is 9.38. The molecule has 3 aliphatic rings. The highest BCUT2D eigenvalue weighted by atomic mass is 16.3. The molecule has 0 fully saturated rings. The maximum atomic E-state index is 13.7. The van der Waals surface area contributed by atoms with Crippen molar-refractivity contribution in [3.8, 4) is 33.4 Å². The van der Waals surface area contributed by atoms with Gasteiger partial charge in [-0.15, -0.1) is 0 Å². The van der Waals surface area contributed by atoms with Crippen molar-refractivity contribution in [2.24, 2.45) is 0 Å². The molecule has 0 bridgehead atoms. The number of fused-ring (bicyclic) bond motifs is 12. The van der Waals surface area contributed by atoms with Crippen LogP contribution in [0.15, 0.2) is 146 Å². The molecule has 3 aliphatic carbocycles. The van der Waals surface area contributed by atoms with E-state index >= 15 is 0 Å². The molecule has 0 radical (unpaired) electrons. The van der Waals surface area contributed by atoms with Crippen molar-refractivity contribution in [1.29, 1.82) is 0 Å². The molecule has 3 heteroatoms. The average Bonchev–Trinajstić information content (AvgIpc) is 3.69. The standard InChI is InChI=1S/C48H36O3/c1-28-16-22-31(23-17-28)46(49)37-13-7-4-10-34(37)40-43(46)41-35-11-5-8-14-38(35)47(50,32-24-18-29(2)19-25-32)45(41)42-36-12-6-9-15-39(36)48(51,44(40)42)33-26-20-30(3)21-27-33/h4-27,49-51H,1-3H3/t46-,47-,48+/m1/s1. The number of aliphatic hydroxyl groups is 3. The van der Waals surface area contributed by atoms with Gasteiger partial charge in [0.15, 0.2) is 0 Å². The van der Waals surface area contributed by atoms with Gasteiger partial charge in [0, 0.05) is 33.4 Å². The quantitative estimate of drug-likeness (QED) is 0.177. The van der Waals surface area contributed by atoms with Crippen molar-refractivity contribution < 1.29 is 15.3 Å². The summed E-state index contributed by atoms with van der Waals surface area (Å²) in [5, 5.41) is 41.1. The van der Waals surface area contributed by atoms with Crippen LogP contribution in [0.5, 0.6) is 0 Å². The summed E-state index contributed by atoms with van der Waals surface area (Å²) in [4.78, 5) is 0. The van der Waals surface area contributed by atoms with Gasteiger partial charge in [0.1, 0.15) is 16.8 Å². The Labute approximate surface area is 297 Å². The zero-order chi connectivity index (χ0) is 34.9. The molecule has 0 aromatic heterocycles. The highest BCUT2D eigenvalue weighted by Gasteiger charge is 2.58. The number of rotatable bonds is 3. The van der Waals surface area contributed by atoms with Gasteiger partial charge in [-0.1, -0.05) is 162 Å². The number of hydrogen-bond acceptors (Lipinski definition) is 3. The van der Waals surface area contributed by atoms with E-state index in [-0.39, 0.29) is 0 Å². The highest BCUT2D eigenvalue weighted by molar-refractivity contribution is 6.05. The fourth-order valence-corrected chi connectivity index (χ4v) is 9.38. The van der Waals surface area contributed by atoms with Crippen LogP contribution in [0, 0.1) is 20.8 Å². The van der Waals surface area contributed by atoms with Crippen LogP contribution < -0.4 is 0 Å². The van der Waals surface area contributed by atoms with Crippen LogP contribution >= 0.6 is 0 Å². The van der Waals surface area contributed by atoms with E-state index in [2.05, 4.69) is 18.2 Å². The number of aryl methyl sites for hydroxylation is 3. The molecule has 0 unspecified atom stereocenters. The third-order valence-electron chi connectivity index (χ3n) is 11.8. The van der Waals surface area contributed by atoms with Gasteiger partial charge in [0.25, 0.3) is 0 Å². The molecule has 0 aliphatic heterocycles. The summed E-state index contributed by atoms with van der Waals surface area (Å²) in [6.07, 6.45) is 0. The van der Waals surface area contributed by atoms with Gasteiger partial charge in [-0.3, -0.25) is 0 Å². The van der Waals surface area contributed by atoms with E-state index in [1.54, 1.807) is 0 Å². The summed E-state index contributed by atoms with van der Waals surface area (Å²) >= 11 is 0. The summed E-state index contributed by atoms with van der Waals surface area (Å²) < 4.78 is 0. The molecule has 7 aromatic rings. The molecular formula is C48H36O3. The second-order valence-electron chi connectivity index (χ2n) is 14.6. The Morgan fingerprint density at radius 2 is 0.549 bits per heavy atom. The topological polar surface area (TPSA) is 60.7 Å². The maximum Gasteiger partial charge on any atom is 0.142 e. The number of hydrogen-bond donors (Lipinski definition) is 3. The molecule has 3 N–H and O–H groups in total. The van der Waals surface area contributed by atoms with E-state index in [1.807, 2.05) is 148 Å². The molecular weight excluding hydrogens is 625 g/mol. The van der Waals surface area contributed by atoms with E-state index in [0.29, 0.717) is 16.7 Å². The average molecular weight is 661 g/mol. The lowest BCUT2D eigenvalue weighted by Crippen LogP contribution is -2.31. The normalized spacial score (nSPS) is 21.8. The predicted molar refractivity (Wildman–Crippen MR) is 203 cm³/mol. The molecule has 3 nitrogen and oxygen atoms in total. The van der Waals surface area contributed by atoms with Gasteiger partial charge in [-0.05, 0) is 70.8 Å². The Balaban J connectivity index is 1.48. The molecule has 51 heavy (non-hydrogen) atoms. The van der Waals surface area contributed by atoms with E-state index in [4.69, 9.17) is 0 Å². The molecule has 3 atom stereocenters. The smallest absolute Gasteiger partial charge is 0.142 e. The Morgan fingerprint density at radius 3 is 0.804 bits per heavy atom.